The molecule has 0 saturated carbocycles. The second-order valence-corrected chi connectivity index (χ2v) is 4.86. The summed E-state index contributed by atoms with van der Waals surface area (Å²) >= 11 is 0. The van der Waals surface area contributed by atoms with Gasteiger partial charge >= 0.3 is 0 Å². The van der Waals surface area contributed by atoms with E-state index in [0.29, 0.717) is 6.61 Å². The molecule has 1 heterocycles. The van der Waals surface area contributed by atoms with Gasteiger partial charge in [0.05, 0.1) is 12.7 Å². The topological polar surface area (TPSA) is 38.7 Å². The van der Waals surface area contributed by atoms with E-state index in [0.717, 1.165) is 18.4 Å². The number of hydrogen-bond acceptors (Lipinski definition) is 3. The summed E-state index contributed by atoms with van der Waals surface area (Å²) in [6.07, 6.45) is 12.2. The minimum Gasteiger partial charge on any atom is -0.387 e. The first-order valence-electron chi connectivity index (χ1n) is 7.03. The van der Waals surface area contributed by atoms with Crippen LogP contribution in [0.25, 0.3) is 0 Å². The standard InChI is InChI=1S/C16H26O3/c1-4-5-6-7-8-9-10-13(2)16-15(17)14(18-3)11-12-19-16/h6-10,14-17H,4-5,11-12H2,1-3H3. The number of aliphatic hydroxyl groups is 1. The van der Waals surface area contributed by atoms with Gasteiger partial charge in [-0.2, -0.15) is 0 Å². The van der Waals surface area contributed by atoms with Crippen LogP contribution in [-0.4, -0.2) is 37.1 Å². The molecule has 0 aliphatic carbocycles. The molecule has 1 rings (SSSR count). The van der Waals surface area contributed by atoms with E-state index in [-0.39, 0.29) is 12.2 Å². The van der Waals surface area contributed by atoms with Gasteiger partial charge in [-0.25, -0.2) is 0 Å². The van der Waals surface area contributed by atoms with Crippen LogP contribution >= 0.6 is 0 Å². The maximum absolute atomic E-state index is 10.1. The Labute approximate surface area is 116 Å². The fourth-order valence-electron chi connectivity index (χ4n) is 2.14. The molecular formula is C16H26O3. The first kappa shape index (κ1) is 16.2. The molecule has 3 unspecified atom stereocenters. The van der Waals surface area contributed by atoms with Crippen molar-refractivity contribution in [2.24, 2.45) is 0 Å². The molecule has 19 heavy (non-hydrogen) atoms. The second-order valence-electron chi connectivity index (χ2n) is 4.86. The highest BCUT2D eigenvalue weighted by Gasteiger charge is 2.33. The lowest BCUT2D eigenvalue weighted by molar-refractivity contribution is -0.132. The fraction of sp³-hybridized carbons (Fsp3) is 0.625. The smallest absolute Gasteiger partial charge is 0.110 e. The summed E-state index contributed by atoms with van der Waals surface area (Å²) in [7, 11) is 1.63. The normalized spacial score (nSPS) is 29.5. The lowest BCUT2D eigenvalue weighted by Gasteiger charge is -2.34. The van der Waals surface area contributed by atoms with E-state index in [1.54, 1.807) is 7.11 Å². The summed E-state index contributed by atoms with van der Waals surface area (Å²) in [5.41, 5.74) is 1.02. The van der Waals surface area contributed by atoms with E-state index in [1.807, 2.05) is 31.2 Å². The molecule has 1 aliphatic rings. The van der Waals surface area contributed by atoms with Crippen molar-refractivity contribution in [1.82, 2.24) is 0 Å². The molecule has 0 radical (unpaired) electrons. The maximum atomic E-state index is 10.1. The van der Waals surface area contributed by atoms with Gasteiger partial charge in [0, 0.05) is 7.11 Å². The van der Waals surface area contributed by atoms with Crippen LogP contribution in [-0.2, 0) is 9.47 Å². The minimum atomic E-state index is -0.584. The van der Waals surface area contributed by atoms with Crippen LogP contribution in [0.5, 0.6) is 0 Å². The molecule has 1 saturated heterocycles. The summed E-state index contributed by atoms with van der Waals surface area (Å²) in [6.45, 7) is 4.77. The number of allylic oxidation sites excluding steroid dienone is 5. The van der Waals surface area contributed by atoms with E-state index in [2.05, 4.69) is 13.0 Å². The van der Waals surface area contributed by atoms with Gasteiger partial charge in [0.15, 0.2) is 0 Å². The van der Waals surface area contributed by atoms with Gasteiger partial charge in [-0.1, -0.05) is 43.7 Å². The summed E-state index contributed by atoms with van der Waals surface area (Å²) in [5, 5.41) is 10.1. The van der Waals surface area contributed by atoms with E-state index in [4.69, 9.17) is 9.47 Å². The van der Waals surface area contributed by atoms with Gasteiger partial charge in [-0.05, 0) is 25.3 Å². The van der Waals surface area contributed by atoms with Crippen molar-refractivity contribution in [1.29, 1.82) is 0 Å². The Kier molecular flexibility index (Phi) is 7.72. The van der Waals surface area contributed by atoms with Crippen molar-refractivity contribution >= 4 is 0 Å². The highest BCUT2D eigenvalue weighted by Crippen LogP contribution is 2.22. The molecule has 0 spiro atoms. The highest BCUT2D eigenvalue weighted by atomic mass is 16.5. The Morgan fingerprint density at radius 3 is 2.84 bits per heavy atom. The van der Waals surface area contributed by atoms with Crippen molar-refractivity contribution in [3.05, 3.63) is 36.0 Å². The van der Waals surface area contributed by atoms with Crippen LogP contribution in [0, 0.1) is 0 Å². The number of hydrogen-bond donors (Lipinski definition) is 1. The van der Waals surface area contributed by atoms with E-state index in [9.17, 15) is 5.11 Å². The molecule has 0 aromatic carbocycles. The molecule has 0 amide bonds. The molecule has 1 N–H and O–H groups in total. The molecule has 0 bridgehead atoms. The van der Waals surface area contributed by atoms with E-state index in [1.165, 1.54) is 6.42 Å². The summed E-state index contributed by atoms with van der Waals surface area (Å²) in [6, 6.07) is 0. The summed E-state index contributed by atoms with van der Waals surface area (Å²) in [5.74, 6) is 0. The van der Waals surface area contributed by atoms with Gasteiger partial charge in [0.2, 0.25) is 0 Å². The molecule has 3 nitrogen and oxygen atoms in total. The molecule has 3 heteroatoms. The lowest BCUT2D eigenvalue weighted by atomic mass is 9.96. The van der Waals surface area contributed by atoms with Gasteiger partial charge in [0.1, 0.15) is 12.2 Å². The Morgan fingerprint density at radius 2 is 2.16 bits per heavy atom. The SMILES string of the molecule is CCCC=CC=CC=C(C)C1OCCC(OC)C1O. The third-order valence-electron chi connectivity index (χ3n) is 3.32. The van der Waals surface area contributed by atoms with Gasteiger partial charge < -0.3 is 14.6 Å². The number of unbranched alkanes of at least 4 members (excludes halogenated alkanes) is 1. The largest absolute Gasteiger partial charge is 0.387 e. The van der Waals surface area contributed by atoms with Crippen molar-refractivity contribution < 1.29 is 14.6 Å². The van der Waals surface area contributed by atoms with E-state index >= 15 is 0 Å². The predicted octanol–water partition coefficient (Wildman–Crippen LogP) is 3.01. The van der Waals surface area contributed by atoms with Gasteiger partial charge in [-0.3, -0.25) is 0 Å². The molecular weight excluding hydrogens is 240 g/mol. The fourth-order valence-corrected chi connectivity index (χ4v) is 2.14. The first-order valence-corrected chi connectivity index (χ1v) is 7.03. The number of aliphatic hydroxyl groups excluding tert-OH is 1. The molecule has 1 fully saturated rings. The Bertz CT molecular complexity index is 331. The predicted molar refractivity (Wildman–Crippen MR) is 78.1 cm³/mol. The van der Waals surface area contributed by atoms with Crippen molar-refractivity contribution in [3.63, 3.8) is 0 Å². The van der Waals surface area contributed by atoms with Gasteiger partial charge in [0.25, 0.3) is 0 Å². The lowest BCUT2D eigenvalue weighted by Crippen LogP contribution is -2.45. The Hall–Kier alpha value is -0.900. The minimum absolute atomic E-state index is 0.129. The van der Waals surface area contributed by atoms with Gasteiger partial charge in [-0.15, -0.1) is 0 Å². The molecule has 0 aromatic heterocycles. The van der Waals surface area contributed by atoms with Crippen molar-refractivity contribution in [3.8, 4) is 0 Å². The van der Waals surface area contributed by atoms with Crippen LogP contribution in [0.2, 0.25) is 0 Å². The number of ether oxygens (including phenoxy) is 2. The average molecular weight is 266 g/mol. The van der Waals surface area contributed by atoms with Crippen LogP contribution in [0.1, 0.15) is 33.1 Å². The first-order chi connectivity index (χ1) is 9.20. The zero-order valence-electron chi connectivity index (χ0n) is 12.2. The summed E-state index contributed by atoms with van der Waals surface area (Å²) < 4.78 is 10.9. The van der Waals surface area contributed by atoms with Crippen molar-refractivity contribution in [2.75, 3.05) is 13.7 Å². The zero-order chi connectivity index (χ0) is 14.1. The van der Waals surface area contributed by atoms with Crippen LogP contribution < -0.4 is 0 Å². The molecule has 108 valence electrons. The van der Waals surface area contributed by atoms with Crippen molar-refractivity contribution in [2.45, 2.75) is 51.4 Å². The van der Waals surface area contributed by atoms with Crippen LogP contribution in [0.3, 0.4) is 0 Å². The third-order valence-corrected chi connectivity index (χ3v) is 3.32. The maximum Gasteiger partial charge on any atom is 0.110 e. The van der Waals surface area contributed by atoms with E-state index < -0.39 is 6.10 Å². The molecule has 0 aromatic rings. The Morgan fingerprint density at radius 1 is 1.37 bits per heavy atom. The van der Waals surface area contributed by atoms with Crippen LogP contribution in [0.4, 0.5) is 0 Å². The Balaban J connectivity index is 2.53. The zero-order valence-corrected chi connectivity index (χ0v) is 12.2. The quantitative estimate of drug-likeness (QED) is 0.751. The second kappa shape index (κ2) is 9.08. The van der Waals surface area contributed by atoms with Crippen LogP contribution in [0.15, 0.2) is 36.0 Å². The number of rotatable bonds is 6. The molecule has 3 atom stereocenters. The summed E-state index contributed by atoms with van der Waals surface area (Å²) in [4.78, 5) is 0. The monoisotopic (exact) mass is 266 g/mol. The highest BCUT2D eigenvalue weighted by molar-refractivity contribution is 5.19. The number of methoxy groups -OCH3 is 1. The third kappa shape index (κ3) is 5.31. The average Bonchev–Trinajstić information content (AvgIpc) is 2.42. The molecule has 1 aliphatic heterocycles.